The Morgan fingerprint density at radius 3 is 2.48 bits per heavy atom. The van der Waals surface area contributed by atoms with Crippen LogP contribution in [-0.2, 0) is 0 Å². The molecule has 0 amide bonds. The Kier molecular flexibility index (Phi) is 4.12. The zero-order valence-corrected chi connectivity index (χ0v) is 13.5. The Morgan fingerprint density at radius 1 is 1.04 bits per heavy atom. The van der Waals surface area contributed by atoms with E-state index in [1.54, 1.807) is 13.0 Å². The minimum absolute atomic E-state index is 0.240. The van der Waals surface area contributed by atoms with Crippen LogP contribution in [0.25, 0.3) is 5.69 Å². The van der Waals surface area contributed by atoms with Gasteiger partial charge in [-0.15, -0.1) is 5.11 Å². The van der Waals surface area contributed by atoms with Gasteiger partial charge in [-0.1, -0.05) is 35.9 Å². The summed E-state index contributed by atoms with van der Waals surface area (Å²) >= 11 is 6.07. The third-order valence-corrected chi connectivity index (χ3v) is 3.88. The molecular formula is C17H15ClN4O. The Labute approximate surface area is 138 Å². The number of hydrogen-bond acceptors (Lipinski definition) is 3. The fraction of sp³-hybridized carbons (Fsp3) is 0.118. The molecule has 3 rings (SSSR count). The summed E-state index contributed by atoms with van der Waals surface area (Å²) < 4.78 is 1.45. The zero-order chi connectivity index (χ0) is 16.4. The lowest BCUT2D eigenvalue weighted by Gasteiger charge is -1.99. The van der Waals surface area contributed by atoms with E-state index < -0.39 is 0 Å². The van der Waals surface area contributed by atoms with Crippen molar-refractivity contribution >= 4 is 23.0 Å². The highest BCUT2D eigenvalue weighted by Gasteiger charge is 2.11. The van der Waals surface area contributed by atoms with Crippen molar-refractivity contribution in [3.05, 3.63) is 75.2 Å². The fourth-order valence-corrected chi connectivity index (χ4v) is 2.34. The van der Waals surface area contributed by atoms with Gasteiger partial charge in [0, 0.05) is 5.02 Å². The lowest BCUT2D eigenvalue weighted by atomic mass is 10.2. The van der Waals surface area contributed by atoms with E-state index in [4.69, 9.17) is 11.6 Å². The highest BCUT2D eigenvalue weighted by molar-refractivity contribution is 6.31. The molecule has 2 aromatic carbocycles. The van der Waals surface area contributed by atoms with Crippen molar-refractivity contribution in [2.45, 2.75) is 13.8 Å². The van der Waals surface area contributed by atoms with Crippen LogP contribution in [0.1, 0.15) is 11.3 Å². The van der Waals surface area contributed by atoms with Gasteiger partial charge in [-0.25, -0.2) is 4.68 Å². The van der Waals surface area contributed by atoms with Crippen molar-refractivity contribution in [1.82, 2.24) is 9.78 Å². The van der Waals surface area contributed by atoms with Crippen molar-refractivity contribution in [2.75, 3.05) is 0 Å². The zero-order valence-electron chi connectivity index (χ0n) is 12.7. The molecule has 0 atom stereocenters. The largest absolute Gasteiger partial charge is 0.299 e. The summed E-state index contributed by atoms with van der Waals surface area (Å²) in [6, 6.07) is 14.7. The minimum atomic E-state index is -0.240. The van der Waals surface area contributed by atoms with Crippen molar-refractivity contribution < 1.29 is 0 Å². The van der Waals surface area contributed by atoms with Crippen LogP contribution in [0.4, 0.5) is 11.4 Å². The van der Waals surface area contributed by atoms with Crippen molar-refractivity contribution in [1.29, 1.82) is 0 Å². The molecule has 0 aliphatic carbocycles. The number of nitrogens with one attached hydrogen (secondary N) is 1. The second-order valence-corrected chi connectivity index (χ2v) is 5.60. The second kappa shape index (κ2) is 6.22. The van der Waals surface area contributed by atoms with Gasteiger partial charge >= 0.3 is 0 Å². The van der Waals surface area contributed by atoms with Crippen LogP contribution in [0.15, 0.2) is 63.6 Å². The van der Waals surface area contributed by atoms with Crippen LogP contribution >= 0.6 is 11.6 Å². The number of aromatic nitrogens is 2. The molecule has 0 spiro atoms. The molecule has 0 aliphatic rings. The average molecular weight is 327 g/mol. The number of benzene rings is 2. The van der Waals surface area contributed by atoms with Gasteiger partial charge in [-0.3, -0.25) is 9.89 Å². The first-order valence-corrected chi connectivity index (χ1v) is 7.49. The van der Waals surface area contributed by atoms with Gasteiger partial charge in [-0.05, 0) is 43.7 Å². The number of hydrogen-bond donors (Lipinski definition) is 1. The number of nitrogens with zero attached hydrogens (tertiary/aromatic N) is 3. The maximum Gasteiger partial charge on any atom is 0.299 e. The van der Waals surface area contributed by atoms with Gasteiger partial charge < -0.3 is 0 Å². The molecule has 0 aliphatic heterocycles. The quantitative estimate of drug-likeness (QED) is 0.687. The SMILES string of the molecule is Cc1ccc(N=Nc2c(C)[nH]n(-c3ccccc3)c2=O)cc1Cl. The van der Waals surface area contributed by atoms with Gasteiger partial charge in [-0.2, -0.15) is 5.11 Å². The number of rotatable bonds is 3. The summed E-state index contributed by atoms with van der Waals surface area (Å²) in [7, 11) is 0. The van der Waals surface area contributed by atoms with Gasteiger partial charge in [0.2, 0.25) is 0 Å². The van der Waals surface area contributed by atoms with Crippen LogP contribution in [0.3, 0.4) is 0 Å². The van der Waals surface area contributed by atoms with E-state index in [1.807, 2.05) is 49.4 Å². The Hall–Kier alpha value is -2.66. The topological polar surface area (TPSA) is 62.5 Å². The molecule has 5 nitrogen and oxygen atoms in total. The van der Waals surface area contributed by atoms with Crippen LogP contribution in [0, 0.1) is 13.8 Å². The summed E-state index contributed by atoms with van der Waals surface area (Å²) in [5, 5.41) is 11.8. The molecule has 23 heavy (non-hydrogen) atoms. The predicted molar refractivity (Wildman–Crippen MR) is 91.5 cm³/mol. The molecule has 0 fully saturated rings. The standard InChI is InChI=1S/C17H15ClN4O/c1-11-8-9-13(10-15(11)18)19-20-16-12(2)21-22(17(16)23)14-6-4-3-5-7-14/h3-10,21H,1-2H3. The maximum atomic E-state index is 12.5. The van der Waals surface area contributed by atoms with Crippen LogP contribution in [0.2, 0.25) is 5.02 Å². The minimum Gasteiger partial charge on any atom is -0.293 e. The van der Waals surface area contributed by atoms with E-state index in [0.717, 1.165) is 11.3 Å². The molecule has 1 aromatic heterocycles. The van der Waals surface area contributed by atoms with Gasteiger partial charge in [0.05, 0.1) is 17.1 Å². The molecule has 1 heterocycles. The van der Waals surface area contributed by atoms with E-state index in [1.165, 1.54) is 4.68 Å². The molecule has 0 bridgehead atoms. The molecule has 6 heteroatoms. The average Bonchev–Trinajstić information content (AvgIpc) is 2.84. The summed E-state index contributed by atoms with van der Waals surface area (Å²) in [4.78, 5) is 12.5. The van der Waals surface area contributed by atoms with Crippen molar-refractivity contribution in [2.24, 2.45) is 10.2 Å². The third kappa shape index (κ3) is 3.10. The first kappa shape index (κ1) is 15.2. The van der Waals surface area contributed by atoms with Gasteiger partial charge in [0.1, 0.15) is 0 Å². The molecule has 3 aromatic rings. The number of azo groups is 1. The van der Waals surface area contributed by atoms with Gasteiger partial charge in [0.25, 0.3) is 5.56 Å². The highest BCUT2D eigenvalue weighted by Crippen LogP contribution is 2.24. The number of aryl methyl sites for hydroxylation is 2. The molecule has 116 valence electrons. The molecule has 0 unspecified atom stereocenters. The van der Waals surface area contributed by atoms with E-state index >= 15 is 0 Å². The highest BCUT2D eigenvalue weighted by atomic mass is 35.5. The van der Waals surface area contributed by atoms with E-state index in [2.05, 4.69) is 15.3 Å². The monoisotopic (exact) mass is 326 g/mol. The Morgan fingerprint density at radius 2 is 1.78 bits per heavy atom. The number of para-hydroxylation sites is 1. The fourth-order valence-electron chi connectivity index (χ4n) is 2.17. The Bertz CT molecular complexity index is 926. The normalized spacial score (nSPS) is 11.3. The van der Waals surface area contributed by atoms with Crippen LogP contribution in [0.5, 0.6) is 0 Å². The predicted octanol–water partition coefficient (Wildman–Crippen LogP) is 4.85. The molecule has 0 saturated carbocycles. The van der Waals surface area contributed by atoms with Crippen molar-refractivity contribution in [3.63, 3.8) is 0 Å². The van der Waals surface area contributed by atoms with Gasteiger partial charge in [0.15, 0.2) is 5.69 Å². The van der Waals surface area contributed by atoms with E-state index in [0.29, 0.717) is 16.4 Å². The molecular weight excluding hydrogens is 312 g/mol. The second-order valence-electron chi connectivity index (χ2n) is 5.20. The number of halogens is 1. The first-order chi connectivity index (χ1) is 11.1. The summed E-state index contributed by atoms with van der Waals surface area (Å²) in [6.45, 7) is 3.70. The number of aromatic amines is 1. The smallest absolute Gasteiger partial charge is 0.293 e. The molecule has 0 radical (unpaired) electrons. The van der Waals surface area contributed by atoms with E-state index in [9.17, 15) is 4.79 Å². The number of H-pyrrole nitrogens is 1. The third-order valence-electron chi connectivity index (χ3n) is 3.48. The van der Waals surface area contributed by atoms with Crippen molar-refractivity contribution in [3.8, 4) is 5.69 Å². The lowest BCUT2D eigenvalue weighted by Crippen LogP contribution is -2.13. The summed E-state index contributed by atoms with van der Waals surface area (Å²) in [5.41, 5.74) is 3.02. The molecule has 1 N–H and O–H groups in total. The maximum absolute atomic E-state index is 12.5. The summed E-state index contributed by atoms with van der Waals surface area (Å²) in [5.74, 6) is 0. The molecule has 0 saturated heterocycles. The Balaban J connectivity index is 1.98. The summed E-state index contributed by atoms with van der Waals surface area (Å²) in [6.07, 6.45) is 0. The van der Waals surface area contributed by atoms with Crippen LogP contribution < -0.4 is 5.56 Å². The first-order valence-electron chi connectivity index (χ1n) is 7.11. The van der Waals surface area contributed by atoms with E-state index in [-0.39, 0.29) is 11.2 Å². The lowest BCUT2D eigenvalue weighted by molar-refractivity contribution is 0.835. The van der Waals surface area contributed by atoms with Crippen LogP contribution in [-0.4, -0.2) is 9.78 Å².